The minimum absolute atomic E-state index is 0.245. The molecule has 6 heteroatoms. The van der Waals surface area contributed by atoms with E-state index >= 15 is 0 Å². The number of hydrogen-bond donors (Lipinski definition) is 2. The summed E-state index contributed by atoms with van der Waals surface area (Å²) in [6, 6.07) is 1.29. The van der Waals surface area contributed by atoms with Crippen LogP contribution in [0.3, 0.4) is 0 Å². The zero-order valence-electron chi connectivity index (χ0n) is 5.79. The van der Waals surface area contributed by atoms with Crippen molar-refractivity contribution in [3.8, 4) is 0 Å². The molecule has 0 saturated heterocycles. The molecule has 0 bridgehead atoms. The highest BCUT2D eigenvalue weighted by molar-refractivity contribution is 6.30. The summed E-state index contributed by atoms with van der Waals surface area (Å²) in [6.07, 6.45) is 0. The van der Waals surface area contributed by atoms with E-state index in [1.807, 2.05) is 0 Å². The van der Waals surface area contributed by atoms with Crippen LogP contribution < -0.4 is 10.1 Å². The highest BCUT2D eigenvalue weighted by atomic mass is 27.0. The third-order valence-electron chi connectivity index (χ3n) is 1.16. The summed E-state index contributed by atoms with van der Waals surface area (Å²) in [7, 11) is 0. The fourth-order valence-electron chi connectivity index (χ4n) is 0.665. The lowest BCUT2D eigenvalue weighted by Crippen LogP contribution is -2.25. The number of nitrogens with one attached hydrogen (secondary N) is 1. The number of carboxylic acids is 1. The third-order valence-corrected chi connectivity index (χ3v) is 1.67. The number of carboxylic acid groups (broad SMARTS) is 1. The van der Waals surface area contributed by atoms with Gasteiger partial charge in [0.05, 0.1) is 0 Å². The van der Waals surface area contributed by atoms with Gasteiger partial charge in [-0.3, -0.25) is 4.79 Å². The van der Waals surface area contributed by atoms with Crippen LogP contribution in [0.5, 0.6) is 0 Å². The number of nitrogens with zero attached hydrogens (tertiary/aromatic N) is 1. The summed E-state index contributed by atoms with van der Waals surface area (Å²) in [6.45, 7) is 0. The van der Waals surface area contributed by atoms with E-state index < -0.39 is 11.5 Å². The van der Waals surface area contributed by atoms with E-state index in [1.54, 1.807) is 0 Å². The molecule has 0 spiro atoms. The molecular formula is C5H5AlN2O3. The average Bonchev–Trinajstić information content (AvgIpc) is 1.94. The molecule has 1 heterocycles. The first-order chi connectivity index (χ1) is 5.11. The predicted molar refractivity (Wildman–Crippen MR) is 40.0 cm³/mol. The Morgan fingerprint density at radius 2 is 2.36 bits per heavy atom. The molecule has 56 valence electrons. The highest BCUT2D eigenvalue weighted by Gasteiger charge is 2.07. The van der Waals surface area contributed by atoms with Crippen molar-refractivity contribution in [3.05, 3.63) is 22.0 Å². The molecular weight excluding hydrogens is 163 g/mol. The molecule has 0 unspecified atom stereocenters. The molecule has 2 N–H and O–H groups in total. The van der Waals surface area contributed by atoms with Crippen LogP contribution in [-0.4, -0.2) is 37.6 Å². The fourth-order valence-corrected chi connectivity index (χ4v) is 1.07. The van der Waals surface area contributed by atoms with Crippen LogP contribution in [0.25, 0.3) is 0 Å². The molecule has 0 saturated carbocycles. The van der Waals surface area contributed by atoms with E-state index in [1.165, 1.54) is 6.07 Å². The van der Waals surface area contributed by atoms with Crippen molar-refractivity contribution in [1.82, 2.24) is 10.2 Å². The zero-order valence-corrected chi connectivity index (χ0v) is 7.79. The van der Waals surface area contributed by atoms with Crippen LogP contribution in [-0.2, 0) is 0 Å². The Labute approximate surface area is 69.5 Å². The van der Waals surface area contributed by atoms with Gasteiger partial charge >= 0.3 is 5.97 Å². The number of hydrogen-bond acceptors (Lipinski definition) is 3. The number of aromatic nitrogens is 2. The minimum Gasteiger partial charge on any atom is -0.477 e. The van der Waals surface area contributed by atoms with Crippen LogP contribution in [0.4, 0.5) is 0 Å². The molecule has 1 rings (SSSR count). The van der Waals surface area contributed by atoms with Crippen molar-refractivity contribution in [3.63, 3.8) is 0 Å². The van der Waals surface area contributed by atoms with E-state index in [4.69, 9.17) is 5.11 Å². The maximum Gasteiger partial charge on any atom is 0.341 e. The van der Waals surface area contributed by atoms with Gasteiger partial charge in [0.15, 0.2) is 0 Å². The highest BCUT2D eigenvalue weighted by Crippen LogP contribution is 1.82. The molecule has 0 aliphatic carbocycles. The maximum absolute atomic E-state index is 10.7. The Morgan fingerprint density at radius 3 is 2.82 bits per heavy atom. The summed E-state index contributed by atoms with van der Waals surface area (Å²) in [5.74, 6) is -1.22. The van der Waals surface area contributed by atoms with Crippen molar-refractivity contribution in [2.75, 3.05) is 0 Å². The molecule has 0 atom stereocenters. The molecule has 0 radical (unpaired) electrons. The average molecular weight is 168 g/mol. The number of aromatic carboxylic acids is 1. The van der Waals surface area contributed by atoms with Gasteiger partial charge in [-0.15, -0.1) is 0 Å². The summed E-state index contributed by atoms with van der Waals surface area (Å²) in [4.78, 5) is 21.1. The van der Waals surface area contributed by atoms with Gasteiger partial charge in [-0.1, -0.05) is 0 Å². The molecule has 1 aromatic heterocycles. The number of H-pyrrole nitrogens is 1. The Bertz CT molecular complexity index is 346. The normalized spacial score (nSPS) is 9.45. The van der Waals surface area contributed by atoms with Gasteiger partial charge in [0, 0.05) is 0 Å². The van der Waals surface area contributed by atoms with Crippen molar-refractivity contribution < 1.29 is 9.90 Å². The van der Waals surface area contributed by atoms with Crippen molar-refractivity contribution >= 4 is 26.8 Å². The summed E-state index contributed by atoms with van der Waals surface area (Å²) >= 11 is 0.621. The topological polar surface area (TPSA) is 83.0 Å². The Morgan fingerprint density at radius 1 is 1.73 bits per heavy atom. The molecule has 5 nitrogen and oxygen atoms in total. The van der Waals surface area contributed by atoms with Crippen LogP contribution in [0, 0.1) is 0 Å². The SMILES string of the molecule is O=C(O)c1c[c]([AlH2])n[nH]c1=O. The van der Waals surface area contributed by atoms with E-state index in [0.29, 0.717) is 20.8 Å². The van der Waals surface area contributed by atoms with Crippen LogP contribution in [0.2, 0.25) is 0 Å². The second-order valence-corrected chi connectivity index (χ2v) is 3.08. The van der Waals surface area contributed by atoms with E-state index in [0.717, 1.165) is 0 Å². The predicted octanol–water partition coefficient (Wildman–Crippen LogP) is -2.27. The largest absolute Gasteiger partial charge is 0.477 e. The first kappa shape index (κ1) is 7.98. The first-order valence-corrected chi connectivity index (χ1v) is 3.91. The smallest absolute Gasteiger partial charge is 0.341 e. The van der Waals surface area contributed by atoms with E-state index in [-0.39, 0.29) is 5.56 Å². The summed E-state index contributed by atoms with van der Waals surface area (Å²) in [5.41, 5.74) is -0.901. The Kier molecular flexibility index (Phi) is 2.08. The molecule has 0 amide bonds. The lowest BCUT2D eigenvalue weighted by Gasteiger charge is -1.93. The standard InChI is InChI=1S/C5H3N2O3.Al.2H/c8-4-3(5(9)10)1-2-6-7-4;;;/h1H,(H,7,8)(H,9,10);;;. The maximum atomic E-state index is 10.7. The minimum atomic E-state index is -1.22. The summed E-state index contributed by atoms with van der Waals surface area (Å²) < 4.78 is 0.613. The third kappa shape index (κ3) is 1.67. The van der Waals surface area contributed by atoms with Gasteiger partial charge in [0.1, 0.15) is 5.56 Å². The van der Waals surface area contributed by atoms with E-state index in [9.17, 15) is 9.59 Å². The number of carbonyl (C=O) groups is 1. The molecule has 0 aliphatic heterocycles. The first-order valence-electron chi connectivity index (χ1n) is 2.91. The van der Waals surface area contributed by atoms with E-state index in [2.05, 4.69) is 10.2 Å². The Hall–Kier alpha value is -1.12. The van der Waals surface area contributed by atoms with Gasteiger partial charge in [-0.25, -0.2) is 9.89 Å². The van der Waals surface area contributed by atoms with Crippen molar-refractivity contribution in [2.24, 2.45) is 0 Å². The second-order valence-electron chi connectivity index (χ2n) is 2.06. The van der Waals surface area contributed by atoms with Crippen LogP contribution in [0.15, 0.2) is 10.9 Å². The van der Waals surface area contributed by atoms with Gasteiger partial charge < -0.3 is 5.11 Å². The van der Waals surface area contributed by atoms with Gasteiger partial charge in [-0.05, 0) is 10.6 Å². The second kappa shape index (κ2) is 2.86. The zero-order chi connectivity index (χ0) is 8.43. The molecule has 1 aromatic rings. The van der Waals surface area contributed by atoms with Crippen LogP contribution >= 0.6 is 0 Å². The molecule has 11 heavy (non-hydrogen) atoms. The molecule has 0 fully saturated rings. The lowest BCUT2D eigenvalue weighted by atomic mass is 10.3. The lowest BCUT2D eigenvalue weighted by molar-refractivity contribution is 0.0695. The van der Waals surface area contributed by atoms with Gasteiger partial charge in [-0.2, -0.15) is 5.10 Å². The Balaban J connectivity index is 3.35. The number of aromatic amines is 1. The van der Waals surface area contributed by atoms with Crippen molar-refractivity contribution in [1.29, 1.82) is 0 Å². The van der Waals surface area contributed by atoms with Crippen LogP contribution in [0.1, 0.15) is 10.4 Å². The number of rotatable bonds is 1. The monoisotopic (exact) mass is 168 g/mol. The quantitative estimate of drug-likeness (QED) is 0.463. The summed E-state index contributed by atoms with van der Waals surface area (Å²) in [5, 5.41) is 14.1. The van der Waals surface area contributed by atoms with Gasteiger partial charge in [0.2, 0.25) is 0 Å². The fraction of sp³-hybridized carbons (Fsp3) is 0. The molecule has 0 aliphatic rings. The van der Waals surface area contributed by atoms with Crippen molar-refractivity contribution in [2.45, 2.75) is 0 Å². The molecule has 0 aromatic carbocycles. The van der Waals surface area contributed by atoms with Gasteiger partial charge in [0.25, 0.3) is 21.8 Å².